The van der Waals surface area contributed by atoms with Crippen LogP contribution in [0, 0.1) is 0 Å². The van der Waals surface area contributed by atoms with Crippen molar-refractivity contribution in [3.05, 3.63) is 0 Å². The summed E-state index contributed by atoms with van der Waals surface area (Å²) in [6.45, 7) is 3.88. The lowest BCUT2D eigenvalue weighted by atomic mass is 10.3. The van der Waals surface area contributed by atoms with Crippen LogP contribution in [0.2, 0.25) is 0 Å². The third kappa shape index (κ3) is 5.45. The number of esters is 2. The molecule has 16 heavy (non-hydrogen) atoms. The van der Waals surface area contributed by atoms with Crippen LogP contribution in [0.5, 0.6) is 0 Å². The SMILES string of the molecule is COCC(=O)OC(C)C(=O)OC(C)C(C)=O. The van der Waals surface area contributed by atoms with Gasteiger partial charge in [0, 0.05) is 7.11 Å². The van der Waals surface area contributed by atoms with Crippen LogP contribution >= 0.6 is 0 Å². The Bertz CT molecular complexity index is 272. The fourth-order valence-electron chi connectivity index (χ4n) is 0.750. The molecule has 0 bridgehead atoms. The van der Waals surface area contributed by atoms with Gasteiger partial charge in [0.25, 0.3) is 0 Å². The average Bonchev–Trinajstić information content (AvgIpc) is 2.17. The zero-order valence-corrected chi connectivity index (χ0v) is 9.81. The summed E-state index contributed by atoms with van der Waals surface area (Å²) in [5, 5.41) is 0. The van der Waals surface area contributed by atoms with Crippen LogP contribution in [0.1, 0.15) is 20.8 Å². The zero-order chi connectivity index (χ0) is 12.7. The van der Waals surface area contributed by atoms with Gasteiger partial charge in [0.15, 0.2) is 18.0 Å². The van der Waals surface area contributed by atoms with Crippen molar-refractivity contribution < 1.29 is 28.6 Å². The fraction of sp³-hybridized carbons (Fsp3) is 0.700. The van der Waals surface area contributed by atoms with Gasteiger partial charge in [0.05, 0.1) is 0 Å². The molecule has 0 aromatic carbocycles. The molecule has 6 heteroatoms. The molecule has 0 heterocycles. The van der Waals surface area contributed by atoms with Crippen molar-refractivity contribution in [2.24, 2.45) is 0 Å². The van der Waals surface area contributed by atoms with Crippen LogP contribution in [0.4, 0.5) is 0 Å². The Kier molecular flexibility index (Phi) is 6.32. The number of carbonyl (C=O) groups is 3. The molecule has 0 aliphatic heterocycles. The van der Waals surface area contributed by atoms with Crippen molar-refractivity contribution in [2.45, 2.75) is 33.0 Å². The van der Waals surface area contributed by atoms with Crippen LogP contribution in [0.3, 0.4) is 0 Å². The molecule has 0 aliphatic carbocycles. The lowest BCUT2D eigenvalue weighted by Crippen LogP contribution is -2.32. The highest BCUT2D eigenvalue weighted by molar-refractivity contribution is 5.85. The summed E-state index contributed by atoms with van der Waals surface area (Å²) in [7, 11) is 1.34. The second kappa shape index (κ2) is 6.95. The van der Waals surface area contributed by atoms with Crippen LogP contribution in [-0.4, -0.2) is 43.6 Å². The second-order valence-corrected chi connectivity index (χ2v) is 3.25. The molecule has 2 unspecified atom stereocenters. The van der Waals surface area contributed by atoms with Crippen LogP contribution in [-0.2, 0) is 28.6 Å². The first-order valence-corrected chi connectivity index (χ1v) is 4.77. The van der Waals surface area contributed by atoms with Crippen molar-refractivity contribution in [1.29, 1.82) is 0 Å². The number of carbonyl (C=O) groups excluding carboxylic acids is 3. The Balaban J connectivity index is 4.08. The largest absolute Gasteiger partial charge is 0.452 e. The van der Waals surface area contributed by atoms with E-state index in [9.17, 15) is 14.4 Å². The third-order valence-electron chi connectivity index (χ3n) is 1.77. The molecule has 0 saturated heterocycles. The summed E-state index contributed by atoms with van der Waals surface area (Å²) in [5.41, 5.74) is 0. The Hall–Kier alpha value is -1.43. The highest BCUT2D eigenvalue weighted by Gasteiger charge is 2.22. The molecule has 0 spiro atoms. The molecule has 6 nitrogen and oxygen atoms in total. The van der Waals surface area contributed by atoms with E-state index in [0.717, 1.165) is 0 Å². The number of methoxy groups -OCH3 is 1. The van der Waals surface area contributed by atoms with Gasteiger partial charge in [-0.25, -0.2) is 9.59 Å². The quantitative estimate of drug-likeness (QED) is 0.604. The van der Waals surface area contributed by atoms with E-state index in [0.29, 0.717) is 0 Å². The Morgan fingerprint density at radius 3 is 2.06 bits per heavy atom. The molecule has 0 aromatic rings. The summed E-state index contributed by atoms with van der Waals surface area (Å²) in [4.78, 5) is 33.1. The molecule has 0 N–H and O–H groups in total. The summed E-state index contributed by atoms with van der Waals surface area (Å²) >= 11 is 0. The first-order valence-electron chi connectivity index (χ1n) is 4.77. The number of ketones is 1. The molecule has 92 valence electrons. The van der Waals surface area contributed by atoms with Crippen molar-refractivity contribution in [3.63, 3.8) is 0 Å². The maximum Gasteiger partial charge on any atom is 0.347 e. The summed E-state index contributed by atoms with van der Waals surface area (Å²) in [5.74, 6) is -1.70. The molecule has 0 saturated carbocycles. The van der Waals surface area contributed by atoms with Gasteiger partial charge < -0.3 is 14.2 Å². The second-order valence-electron chi connectivity index (χ2n) is 3.25. The number of ether oxygens (including phenoxy) is 3. The van der Waals surface area contributed by atoms with E-state index in [1.807, 2.05) is 0 Å². The van der Waals surface area contributed by atoms with Crippen molar-refractivity contribution >= 4 is 17.7 Å². The van der Waals surface area contributed by atoms with E-state index in [1.54, 1.807) is 0 Å². The van der Waals surface area contributed by atoms with E-state index < -0.39 is 24.1 Å². The van der Waals surface area contributed by atoms with E-state index >= 15 is 0 Å². The molecule has 0 aromatic heterocycles. The predicted molar refractivity (Wildman–Crippen MR) is 53.7 cm³/mol. The lowest BCUT2D eigenvalue weighted by Gasteiger charge is -2.15. The topological polar surface area (TPSA) is 78.9 Å². The van der Waals surface area contributed by atoms with Crippen LogP contribution < -0.4 is 0 Å². The first kappa shape index (κ1) is 14.6. The maximum atomic E-state index is 11.3. The highest BCUT2D eigenvalue weighted by Crippen LogP contribution is 2.00. The number of hydrogen-bond acceptors (Lipinski definition) is 6. The van der Waals surface area contributed by atoms with E-state index in [4.69, 9.17) is 4.74 Å². The number of rotatable bonds is 6. The Labute approximate surface area is 93.8 Å². The first-order chi connectivity index (χ1) is 7.38. The Morgan fingerprint density at radius 1 is 1.06 bits per heavy atom. The Morgan fingerprint density at radius 2 is 1.62 bits per heavy atom. The molecule has 2 atom stereocenters. The highest BCUT2D eigenvalue weighted by atomic mass is 16.6. The van der Waals surface area contributed by atoms with Crippen molar-refractivity contribution in [1.82, 2.24) is 0 Å². The van der Waals surface area contributed by atoms with Crippen LogP contribution in [0.15, 0.2) is 0 Å². The van der Waals surface area contributed by atoms with Gasteiger partial charge >= 0.3 is 11.9 Å². The number of hydrogen-bond donors (Lipinski definition) is 0. The van der Waals surface area contributed by atoms with E-state index in [2.05, 4.69) is 9.47 Å². The minimum Gasteiger partial charge on any atom is -0.452 e. The van der Waals surface area contributed by atoms with Crippen molar-refractivity contribution in [2.75, 3.05) is 13.7 Å². The standard InChI is InChI=1S/C10H16O6/c1-6(11)7(2)16-10(13)8(3)15-9(12)5-14-4/h7-8H,5H2,1-4H3. The molecule has 0 radical (unpaired) electrons. The van der Waals surface area contributed by atoms with Gasteiger partial charge in [-0.2, -0.15) is 0 Å². The molecule has 0 aliphatic rings. The van der Waals surface area contributed by atoms with E-state index in [1.165, 1.54) is 27.9 Å². The summed E-state index contributed by atoms with van der Waals surface area (Å²) < 4.78 is 14.0. The average molecular weight is 232 g/mol. The molecule has 0 amide bonds. The zero-order valence-electron chi connectivity index (χ0n) is 9.81. The van der Waals surface area contributed by atoms with Gasteiger partial charge in [-0.1, -0.05) is 0 Å². The van der Waals surface area contributed by atoms with Gasteiger partial charge in [-0.15, -0.1) is 0 Å². The number of Topliss-reactive ketones (excluding diaryl/α,β-unsaturated/α-hetero) is 1. The van der Waals surface area contributed by atoms with Crippen molar-refractivity contribution in [3.8, 4) is 0 Å². The maximum absolute atomic E-state index is 11.3. The smallest absolute Gasteiger partial charge is 0.347 e. The predicted octanol–water partition coefficient (Wildman–Crippen LogP) is 0.0852. The minimum absolute atomic E-state index is 0.236. The molecular formula is C10H16O6. The normalized spacial score (nSPS) is 13.8. The molecular weight excluding hydrogens is 216 g/mol. The third-order valence-corrected chi connectivity index (χ3v) is 1.77. The van der Waals surface area contributed by atoms with E-state index in [-0.39, 0.29) is 12.4 Å². The van der Waals surface area contributed by atoms with Gasteiger partial charge in [-0.3, -0.25) is 4.79 Å². The van der Waals surface area contributed by atoms with Gasteiger partial charge in [0.1, 0.15) is 6.61 Å². The van der Waals surface area contributed by atoms with Crippen LogP contribution in [0.25, 0.3) is 0 Å². The summed E-state index contributed by atoms with van der Waals surface area (Å²) in [6.07, 6.45) is -1.89. The monoisotopic (exact) mass is 232 g/mol. The summed E-state index contributed by atoms with van der Waals surface area (Å²) in [6, 6.07) is 0. The minimum atomic E-state index is -1.05. The fourth-order valence-corrected chi connectivity index (χ4v) is 0.750. The molecule has 0 rings (SSSR count). The van der Waals surface area contributed by atoms with Gasteiger partial charge in [-0.05, 0) is 20.8 Å². The molecule has 0 fully saturated rings. The lowest BCUT2D eigenvalue weighted by molar-refractivity contribution is -0.172. The van der Waals surface area contributed by atoms with Gasteiger partial charge in [0.2, 0.25) is 0 Å².